The molecule has 0 amide bonds. The van der Waals surface area contributed by atoms with Gasteiger partial charge in [-0.05, 0) is 24.9 Å². The second-order valence-corrected chi connectivity index (χ2v) is 9.14. The van der Waals surface area contributed by atoms with Crippen molar-refractivity contribution in [3.05, 3.63) is 0 Å². The van der Waals surface area contributed by atoms with Crippen LogP contribution in [0, 0.1) is 5.41 Å². The molecule has 0 aromatic carbocycles. The van der Waals surface area contributed by atoms with Crippen LogP contribution < -0.4 is 5.73 Å². The molecular formula is C10H22NOP. The maximum atomic E-state index is 11.8. The third-order valence-electron chi connectivity index (χ3n) is 3.56. The number of nitrogens with two attached hydrogens (primary N) is 1. The summed E-state index contributed by atoms with van der Waals surface area (Å²) in [5, 5.41) is 0. The predicted octanol–water partition coefficient (Wildman–Crippen LogP) is 2.52. The molecule has 0 bridgehead atoms. The zero-order valence-corrected chi connectivity index (χ0v) is 10.2. The SMILES string of the molecule is CC(C)(C)C1(N)CCP(C)(=O)CC1. The van der Waals surface area contributed by atoms with Crippen LogP contribution in [-0.4, -0.2) is 24.5 Å². The van der Waals surface area contributed by atoms with E-state index >= 15 is 0 Å². The van der Waals surface area contributed by atoms with Crippen LogP contribution >= 0.6 is 7.14 Å². The molecule has 1 heterocycles. The molecular weight excluding hydrogens is 181 g/mol. The van der Waals surface area contributed by atoms with Gasteiger partial charge in [-0.25, -0.2) is 0 Å². The van der Waals surface area contributed by atoms with E-state index in [0.29, 0.717) is 0 Å². The molecule has 13 heavy (non-hydrogen) atoms. The van der Waals surface area contributed by atoms with Gasteiger partial charge in [-0.3, -0.25) is 0 Å². The summed E-state index contributed by atoms with van der Waals surface area (Å²) in [5.41, 5.74) is 6.37. The molecule has 0 radical (unpaired) electrons. The van der Waals surface area contributed by atoms with Gasteiger partial charge < -0.3 is 10.3 Å². The molecule has 1 aliphatic rings. The lowest BCUT2D eigenvalue weighted by atomic mass is 9.71. The van der Waals surface area contributed by atoms with Crippen LogP contribution in [0.1, 0.15) is 33.6 Å². The van der Waals surface area contributed by atoms with E-state index < -0.39 is 7.14 Å². The first kappa shape index (κ1) is 11.3. The Balaban J connectivity index is 2.73. The second kappa shape index (κ2) is 3.10. The van der Waals surface area contributed by atoms with Crippen LogP contribution in [0.2, 0.25) is 0 Å². The summed E-state index contributed by atoms with van der Waals surface area (Å²) in [5.74, 6) is 0. The van der Waals surface area contributed by atoms with Crippen molar-refractivity contribution in [3.8, 4) is 0 Å². The highest BCUT2D eigenvalue weighted by Crippen LogP contribution is 2.52. The van der Waals surface area contributed by atoms with E-state index in [-0.39, 0.29) is 11.0 Å². The molecule has 1 fully saturated rings. The van der Waals surface area contributed by atoms with Gasteiger partial charge in [0.1, 0.15) is 0 Å². The fraction of sp³-hybridized carbons (Fsp3) is 1.00. The molecule has 0 atom stereocenters. The van der Waals surface area contributed by atoms with Gasteiger partial charge in [0, 0.05) is 17.9 Å². The molecule has 1 saturated heterocycles. The summed E-state index contributed by atoms with van der Waals surface area (Å²) in [6, 6.07) is 0. The molecule has 2 nitrogen and oxygen atoms in total. The van der Waals surface area contributed by atoms with Crippen molar-refractivity contribution in [1.29, 1.82) is 0 Å². The Labute approximate surface area is 81.6 Å². The van der Waals surface area contributed by atoms with Crippen LogP contribution in [0.4, 0.5) is 0 Å². The monoisotopic (exact) mass is 203 g/mol. The summed E-state index contributed by atoms with van der Waals surface area (Å²) in [7, 11) is -1.82. The minimum atomic E-state index is -1.82. The van der Waals surface area contributed by atoms with Crippen molar-refractivity contribution in [1.82, 2.24) is 0 Å². The predicted molar refractivity (Wildman–Crippen MR) is 58.9 cm³/mol. The quantitative estimate of drug-likeness (QED) is 0.615. The van der Waals surface area contributed by atoms with Gasteiger partial charge in [0.15, 0.2) is 0 Å². The molecule has 0 unspecified atom stereocenters. The Bertz CT molecular complexity index is 230. The summed E-state index contributed by atoms with van der Waals surface area (Å²) >= 11 is 0. The number of hydrogen-bond acceptors (Lipinski definition) is 2. The average Bonchev–Trinajstić information content (AvgIpc) is 1.94. The van der Waals surface area contributed by atoms with Gasteiger partial charge in [-0.1, -0.05) is 20.8 Å². The molecule has 78 valence electrons. The fourth-order valence-corrected chi connectivity index (χ4v) is 3.83. The lowest BCUT2D eigenvalue weighted by molar-refractivity contribution is 0.170. The minimum absolute atomic E-state index is 0.100. The number of hydrogen-bond donors (Lipinski definition) is 1. The van der Waals surface area contributed by atoms with Crippen molar-refractivity contribution in [3.63, 3.8) is 0 Å². The Morgan fingerprint density at radius 3 is 1.92 bits per heavy atom. The second-order valence-electron chi connectivity index (χ2n) is 5.65. The molecule has 0 aromatic heterocycles. The van der Waals surface area contributed by atoms with E-state index in [0.717, 1.165) is 25.2 Å². The molecule has 0 saturated carbocycles. The Kier molecular flexibility index (Phi) is 2.69. The zero-order valence-electron chi connectivity index (χ0n) is 9.26. The maximum absolute atomic E-state index is 11.8. The molecule has 2 N–H and O–H groups in total. The molecule has 0 aliphatic carbocycles. The maximum Gasteiger partial charge on any atom is 0.0849 e. The van der Waals surface area contributed by atoms with E-state index in [2.05, 4.69) is 20.8 Å². The minimum Gasteiger partial charge on any atom is -0.325 e. The summed E-state index contributed by atoms with van der Waals surface area (Å²) in [6.07, 6.45) is 3.51. The first-order chi connectivity index (χ1) is 5.66. The van der Waals surface area contributed by atoms with E-state index in [1.807, 2.05) is 6.66 Å². The van der Waals surface area contributed by atoms with E-state index in [9.17, 15) is 4.57 Å². The van der Waals surface area contributed by atoms with E-state index in [1.54, 1.807) is 0 Å². The van der Waals surface area contributed by atoms with Crippen LogP contribution in [0.15, 0.2) is 0 Å². The fourth-order valence-electron chi connectivity index (χ4n) is 1.86. The zero-order chi connectivity index (χ0) is 10.3. The molecule has 1 aliphatic heterocycles. The summed E-state index contributed by atoms with van der Waals surface area (Å²) in [4.78, 5) is 0. The largest absolute Gasteiger partial charge is 0.325 e. The normalized spacial score (nSPS) is 41.9. The Hall–Kier alpha value is 0.190. The molecule has 0 spiro atoms. The first-order valence-electron chi connectivity index (χ1n) is 5.01. The van der Waals surface area contributed by atoms with Crippen LogP contribution in [0.3, 0.4) is 0 Å². The van der Waals surface area contributed by atoms with Gasteiger partial charge in [-0.2, -0.15) is 0 Å². The van der Waals surface area contributed by atoms with Crippen LogP contribution in [0.25, 0.3) is 0 Å². The van der Waals surface area contributed by atoms with Crippen LogP contribution in [-0.2, 0) is 4.57 Å². The van der Waals surface area contributed by atoms with Crippen molar-refractivity contribution in [2.45, 2.75) is 39.2 Å². The van der Waals surface area contributed by atoms with E-state index in [1.165, 1.54) is 0 Å². The van der Waals surface area contributed by atoms with E-state index in [4.69, 9.17) is 5.73 Å². The molecule has 3 heteroatoms. The van der Waals surface area contributed by atoms with Crippen molar-refractivity contribution >= 4 is 7.14 Å². The van der Waals surface area contributed by atoms with Crippen LogP contribution in [0.5, 0.6) is 0 Å². The highest BCUT2D eigenvalue weighted by atomic mass is 31.2. The standard InChI is InChI=1S/C10H22NOP/c1-9(2,3)10(11)5-7-13(4,12)8-6-10/h5-8,11H2,1-4H3. The highest BCUT2D eigenvalue weighted by Gasteiger charge is 2.42. The Morgan fingerprint density at radius 2 is 1.62 bits per heavy atom. The third-order valence-corrected chi connectivity index (χ3v) is 5.89. The Morgan fingerprint density at radius 1 is 1.23 bits per heavy atom. The summed E-state index contributed by atoms with van der Waals surface area (Å²) in [6.45, 7) is 8.45. The molecule has 0 aromatic rings. The first-order valence-corrected chi connectivity index (χ1v) is 7.53. The van der Waals surface area contributed by atoms with Crippen molar-refractivity contribution in [2.24, 2.45) is 11.1 Å². The third kappa shape index (κ3) is 2.35. The van der Waals surface area contributed by atoms with Gasteiger partial charge >= 0.3 is 0 Å². The van der Waals surface area contributed by atoms with Crippen molar-refractivity contribution < 1.29 is 4.57 Å². The van der Waals surface area contributed by atoms with Gasteiger partial charge in [0.2, 0.25) is 0 Å². The molecule has 1 rings (SSSR count). The summed E-state index contributed by atoms with van der Waals surface area (Å²) < 4.78 is 11.8. The topological polar surface area (TPSA) is 43.1 Å². The van der Waals surface area contributed by atoms with Gasteiger partial charge in [0.05, 0.1) is 7.14 Å². The van der Waals surface area contributed by atoms with Gasteiger partial charge in [-0.15, -0.1) is 0 Å². The lowest BCUT2D eigenvalue weighted by Gasteiger charge is -2.45. The number of rotatable bonds is 0. The lowest BCUT2D eigenvalue weighted by Crippen LogP contribution is -2.54. The van der Waals surface area contributed by atoms with Crippen molar-refractivity contribution in [2.75, 3.05) is 19.0 Å². The van der Waals surface area contributed by atoms with Gasteiger partial charge in [0.25, 0.3) is 0 Å². The smallest absolute Gasteiger partial charge is 0.0849 e. The average molecular weight is 203 g/mol. The highest BCUT2D eigenvalue weighted by molar-refractivity contribution is 7.63.